The van der Waals surface area contributed by atoms with Crippen molar-refractivity contribution in [1.29, 1.82) is 0 Å². The Morgan fingerprint density at radius 1 is 0.609 bits per heavy atom. The zero-order valence-corrected chi connectivity index (χ0v) is 35.4. The van der Waals surface area contributed by atoms with Gasteiger partial charge in [-0.15, -0.1) is 0 Å². The maximum absolute atomic E-state index is 12.8. The Labute approximate surface area is 364 Å². The summed E-state index contributed by atoms with van der Waals surface area (Å²) in [4.78, 5) is 92.2. The van der Waals surface area contributed by atoms with Crippen molar-refractivity contribution in [1.82, 2.24) is 45.9 Å². The number of nitrogens with one attached hydrogen (secondary N) is 6. The Balaban J connectivity index is 0.000000191. The van der Waals surface area contributed by atoms with Crippen molar-refractivity contribution >= 4 is 57.8 Å². The van der Waals surface area contributed by atoms with E-state index in [0.717, 1.165) is 22.3 Å². The number of carbonyl (C=O) groups excluding carboxylic acids is 5. The molecular weight excluding hydrogens is 825 g/mol. The quantitative estimate of drug-likeness (QED) is 0.101. The van der Waals surface area contributed by atoms with Gasteiger partial charge in [0.15, 0.2) is 22.9 Å². The molecular formula is C44H42N12O8. The first-order valence-corrected chi connectivity index (χ1v) is 19.9. The molecule has 0 saturated carbocycles. The Kier molecular flexibility index (Phi) is 12.7. The van der Waals surface area contributed by atoms with Gasteiger partial charge < -0.3 is 40.6 Å². The van der Waals surface area contributed by atoms with E-state index in [1.54, 1.807) is 13.8 Å². The van der Waals surface area contributed by atoms with Crippen LogP contribution in [-0.4, -0.2) is 64.8 Å². The molecule has 2 aromatic carbocycles. The molecule has 5 amide bonds. The second kappa shape index (κ2) is 18.7. The zero-order valence-electron chi connectivity index (χ0n) is 35.4. The third-order valence-electron chi connectivity index (χ3n) is 10.4. The molecule has 5 aromatic heterocycles. The van der Waals surface area contributed by atoms with Crippen molar-refractivity contribution in [3.63, 3.8) is 0 Å². The number of benzene rings is 2. The van der Waals surface area contributed by atoms with Gasteiger partial charge in [0.2, 0.25) is 11.5 Å². The number of H-pyrrole nitrogens is 1. The van der Waals surface area contributed by atoms with Crippen LogP contribution in [0.5, 0.6) is 0 Å². The molecule has 0 saturated heterocycles. The number of aromatic nitrogens is 7. The number of aromatic amines is 1. The molecule has 20 heteroatoms. The average Bonchev–Trinajstić information content (AvgIpc) is 3.98. The van der Waals surface area contributed by atoms with Gasteiger partial charge in [-0.3, -0.25) is 28.8 Å². The van der Waals surface area contributed by atoms with Crippen LogP contribution in [0.4, 0.5) is 17.2 Å². The molecule has 1 aliphatic heterocycles. The molecule has 0 unspecified atom stereocenters. The van der Waals surface area contributed by atoms with E-state index in [1.807, 2.05) is 64.1 Å². The zero-order chi connectivity index (χ0) is 45.7. The molecule has 8 rings (SSSR count). The summed E-state index contributed by atoms with van der Waals surface area (Å²) in [5.41, 5.74) is 6.67. The molecule has 7 aromatic rings. The van der Waals surface area contributed by atoms with Crippen LogP contribution in [0.15, 0.2) is 87.2 Å². The number of nitrogens with zero attached hydrogens (tertiary/aromatic N) is 6. The van der Waals surface area contributed by atoms with E-state index in [-0.39, 0.29) is 46.3 Å². The minimum Gasteiger partial charge on any atom is -0.358 e. The Morgan fingerprint density at radius 3 is 1.70 bits per heavy atom. The van der Waals surface area contributed by atoms with Gasteiger partial charge >= 0.3 is 0 Å². The lowest BCUT2D eigenvalue weighted by Crippen LogP contribution is -2.30. The summed E-state index contributed by atoms with van der Waals surface area (Å²) in [7, 11) is 0. The molecule has 2 atom stereocenters. The normalized spacial score (nSPS) is 12.8. The van der Waals surface area contributed by atoms with E-state index in [4.69, 9.17) is 9.05 Å². The average molecular weight is 867 g/mol. The number of pyridine rings is 1. The SMILES string of the molecule is Cc1ccc(NC(=O)c2cc([C@@H](C)NC(=O)c3ncnc4[nH]c(=O)ccc34)on2)cc1C.Cc1ccc(NC(=O)c2cc([C@@H](C)NC(=O)c3ncnc4c3CCC(=O)N4)on2)cc1C. The highest BCUT2D eigenvalue weighted by atomic mass is 16.5. The van der Waals surface area contributed by atoms with Gasteiger partial charge in [-0.1, -0.05) is 22.4 Å². The topological polar surface area (TPSA) is 282 Å². The third kappa shape index (κ3) is 10.0. The highest BCUT2D eigenvalue weighted by molar-refractivity contribution is 6.05. The summed E-state index contributed by atoms with van der Waals surface area (Å²) in [6, 6.07) is 15.8. The first-order valence-electron chi connectivity index (χ1n) is 19.9. The van der Waals surface area contributed by atoms with Gasteiger partial charge in [0.1, 0.15) is 35.5 Å². The van der Waals surface area contributed by atoms with E-state index in [2.05, 4.69) is 61.8 Å². The monoisotopic (exact) mass is 866 g/mol. The number of anilines is 3. The number of rotatable bonds is 10. The lowest BCUT2D eigenvalue weighted by Gasteiger charge is -2.18. The summed E-state index contributed by atoms with van der Waals surface area (Å²) in [6.45, 7) is 11.3. The molecule has 20 nitrogen and oxygen atoms in total. The standard InChI is InChI=1S/C22H22N6O4.C22H20N6O4/c2*1-11-4-5-14(8-12(11)2)26-21(30)16-9-17(32-28-16)13(3)25-22(31)19-15-6-7-18(29)27-20(15)24-10-23-19/h4-5,8-10,13H,6-7H2,1-3H3,(H,25,31)(H,26,30)(H,23,24,27,29);4-10,13H,1-3H3,(H,25,31)(H,26,30)(H,23,24,27,29)/t2*13-/m11/s1. The molecule has 0 bridgehead atoms. The number of hydrogen-bond donors (Lipinski definition) is 6. The lowest BCUT2D eigenvalue weighted by molar-refractivity contribution is -0.116. The molecule has 6 heterocycles. The number of aryl methyl sites for hydroxylation is 4. The van der Waals surface area contributed by atoms with E-state index < -0.39 is 35.7 Å². The van der Waals surface area contributed by atoms with Crippen LogP contribution in [0.25, 0.3) is 11.0 Å². The van der Waals surface area contributed by atoms with Crippen LogP contribution in [0.1, 0.15) is 114 Å². The van der Waals surface area contributed by atoms with Crippen molar-refractivity contribution in [2.75, 3.05) is 16.0 Å². The predicted molar refractivity (Wildman–Crippen MR) is 232 cm³/mol. The van der Waals surface area contributed by atoms with Gasteiger partial charge in [0.25, 0.3) is 23.6 Å². The summed E-state index contributed by atoms with van der Waals surface area (Å²) >= 11 is 0. The molecule has 0 radical (unpaired) electrons. The minimum absolute atomic E-state index is 0.0874. The summed E-state index contributed by atoms with van der Waals surface area (Å²) in [5, 5.41) is 21.8. The molecule has 326 valence electrons. The summed E-state index contributed by atoms with van der Waals surface area (Å²) in [5.74, 6) is -0.951. The second-order valence-corrected chi connectivity index (χ2v) is 15.0. The van der Waals surface area contributed by atoms with Crippen molar-refractivity contribution in [3.05, 3.63) is 146 Å². The van der Waals surface area contributed by atoms with Crippen LogP contribution < -0.4 is 32.1 Å². The maximum atomic E-state index is 12.8. The number of hydrogen-bond acceptors (Lipinski definition) is 14. The Bertz CT molecular complexity index is 3010. The van der Waals surface area contributed by atoms with Crippen molar-refractivity contribution in [2.24, 2.45) is 0 Å². The molecule has 6 N–H and O–H groups in total. The molecule has 1 aliphatic rings. The van der Waals surface area contributed by atoms with Crippen LogP contribution in [0, 0.1) is 27.7 Å². The van der Waals surface area contributed by atoms with Gasteiger partial charge in [-0.2, -0.15) is 0 Å². The highest BCUT2D eigenvalue weighted by Crippen LogP contribution is 2.24. The molecule has 0 aliphatic carbocycles. The molecule has 0 spiro atoms. The van der Waals surface area contributed by atoms with Crippen molar-refractivity contribution in [3.8, 4) is 0 Å². The fourth-order valence-corrected chi connectivity index (χ4v) is 6.44. The number of fused-ring (bicyclic) bond motifs is 2. The van der Waals surface area contributed by atoms with Crippen molar-refractivity contribution < 1.29 is 33.0 Å². The number of amides is 5. The van der Waals surface area contributed by atoms with Crippen molar-refractivity contribution in [2.45, 2.75) is 66.5 Å². The largest absolute Gasteiger partial charge is 0.358 e. The van der Waals surface area contributed by atoms with Crippen LogP contribution in [0.2, 0.25) is 0 Å². The first-order chi connectivity index (χ1) is 30.6. The van der Waals surface area contributed by atoms with E-state index in [9.17, 15) is 28.8 Å². The molecule has 64 heavy (non-hydrogen) atoms. The molecule has 0 fully saturated rings. The van der Waals surface area contributed by atoms with Crippen LogP contribution >= 0.6 is 0 Å². The third-order valence-corrected chi connectivity index (χ3v) is 10.4. The Hall–Kier alpha value is -8.42. The lowest BCUT2D eigenvalue weighted by atomic mass is 10.0. The Morgan fingerprint density at radius 2 is 1.14 bits per heavy atom. The smallest absolute Gasteiger partial charge is 0.277 e. The van der Waals surface area contributed by atoms with E-state index in [0.29, 0.717) is 46.1 Å². The van der Waals surface area contributed by atoms with Gasteiger partial charge in [0.05, 0.1) is 12.1 Å². The fraction of sp³-hybridized carbons (Fsp3) is 0.227. The summed E-state index contributed by atoms with van der Waals surface area (Å²) < 4.78 is 10.5. The fourth-order valence-electron chi connectivity index (χ4n) is 6.44. The number of carbonyl (C=O) groups is 5. The maximum Gasteiger partial charge on any atom is 0.277 e. The van der Waals surface area contributed by atoms with Crippen LogP contribution in [0.3, 0.4) is 0 Å². The van der Waals surface area contributed by atoms with Gasteiger partial charge in [0, 0.05) is 46.9 Å². The van der Waals surface area contributed by atoms with E-state index >= 15 is 0 Å². The first kappa shape index (κ1) is 43.7. The second-order valence-electron chi connectivity index (χ2n) is 15.0. The highest BCUT2D eigenvalue weighted by Gasteiger charge is 2.26. The van der Waals surface area contributed by atoms with Crippen LogP contribution in [-0.2, 0) is 11.2 Å². The summed E-state index contributed by atoms with van der Waals surface area (Å²) in [6.07, 6.45) is 3.07. The van der Waals surface area contributed by atoms with Gasteiger partial charge in [-0.05, 0) is 101 Å². The minimum atomic E-state index is -0.592. The van der Waals surface area contributed by atoms with Gasteiger partial charge in [-0.25, -0.2) is 19.9 Å². The predicted octanol–water partition coefficient (Wildman–Crippen LogP) is 5.38. The van der Waals surface area contributed by atoms with E-state index in [1.165, 1.54) is 36.9 Å².